The molecule has 3 nitrogen and oxygen atoms in total. The van der Waals surface area contributed by atoms with Crippen molar-refractivity contribution < 1.29 is 27.1 Å². The molecule has 0 aliphatic rings. The summed E-state index contributed by atoms with van der Waals surface area (Å²) in [5.41, 5.74) is -0.556. The Bertz CT molecular complexity index is 885. The zero-order chi connectivity index (χ0) is 17.9. The molecule has 0 saturated carbocycles. The van der Waals surface area contributed by atoms with E-state index in [-0.39, 0.29) is 5.56 Å². The summed E-state index contributed by atoms with van der Waals surface area (Å²) in [6.07, 6.45) is 0. The van der Waals surface area contributed by atoms with Crippen molar-refractivity contribution in [3.8, 4) is 11.8 Å². The first kappa shape index (κ1) is 17.2. The van der Waals surface area contributed by atoms with Gasteiger partial charge in [0.1, 0.15) is 23.5 Å². The number of nitriles is 1. The molecule has 0 spiro atoms. The summed E-state index contributed by atoms with van der Waals surface area (Å²) in [4.78, 5) is 11.6. The Morgan fingerprint density at radius 1 is 1.08 bits per heavy atom. The number of esters is 1. The van der Waals surface area contributed by atoms with Crippen molar-refractivity contribution in [2.24, 2.45) is 0 Å². The maximum absolute atomic E-state index is 13.9. The van der Waals surface area contributed by atoms with Crippen LogP contribution < -0.4 is 4.74 Å². The molecule has 0 saturated heterocycles. The lowest BCUT2D eigenvalue weighted by Crippen LogP contribution is -2.10. The third-order valence-electron chi connectivity index (χ3n) is 3.00. The summed E-state index contributed by atoms with van der Waals surface area (Å²) < 4.78 is 59.2. The van der Waals surface area contributed by atoms with Crippen LogP contribution in [-0.4, -0.2) is 5.97 Å². The van der Waals surface area contributed by atoms with Gasteiger partial charge in [-0.3, -0.25) is 0 Å². The molecule has 2 aromatic carbocycles. The number of halogens is 4. The number of hydrogen-bond acceptors (Lipinski definition) is 3. The third kappa shape index (κ3) is 3.60. The zero-order valence-corrected chi connectivity index (χ0v) is 12.2. The van der Waals surface area contributed by atoms with Gasteiger partial charge in [-0.2, -0.15) is 9.65 Å². The van der Waals surface area contributed by atoms with E-state index in [0.29, 0.717) is 11.6 Å². The fourth-order valence-corrected chi connectivity index (χ4v) is 1.81. The van der Waals surface area contributed by atoms with Crippen molar-refractivity contribution in [1.29, 1.82) is 5.26 Å². The van der Waals surface area contributed by atoms with Crippen LogP contribution in [0, 0.1) is 29.9 Å². The van der Waals surface area contributed by atoms with Crippen LogP contribution >= 0.6 is 0 Å². The van der Waals surface area contributed by atoms with E-state index in [1.165, 1.54) is 6.07 Å². The second-order valence-corrected chi connectivity index (χ2v) is 4.75. The SMILES string of the molecule is Cc1ccc(/C(F)=C(\F)C(=O)Oc2ccc(C#N)c(F)c2)c(F)c1. The first-order valence-electron chi connectivity index (χ1n) is 6.57. The van der Waals surface area contributed by atoms with E-state index < -0.39 is 40.6 Å². The molecule has 0 unspecified atom stereocenters. The van der Waals surface area contributed by atoms with Gasteiger partial charge in [-0.15, -0.1) is 0 Å². The summed E-state index contributed by atoms with van der Waals surface area (Å²) in [6.45, 7) is 1.55. The van der Waals surface area contributed by atoms with E-state index in [1.807, 2.05) is 0 Å². The van der Waals surface area contributed by atoms with Crippen molar-refractivity contribution in [3.63, 3.8) is 0 Å². The molecule has 2 aromatic rings. The first-order valence-corrected chi connectivity index (χ1v) is 6.57. The monoisotopic (exact) mass is 335 g/mol. The molecule has 0 N–H and O–H groups in total. The topological polar surface area (TPSA) is 50.1 Å². The number of ether oxygens (including phenoxy) is 1. The predicted octanol–water partition coefficient (Wildman–Crippen LogP) is 4.36. The van der Waals surface area contributed by atoms with Crippen molar-refractivity contribution >= 4 is 11.8 Å². The average molecular weight is 335 g/mol. The Morgan fingerprint density at radius 2 is 1.79 bits per heavy atom. The molecule has 0 aliphatic carbocycles. The van der Waals surface area contributed by atoms with E-state index >= 15 is 0 Å². The van der Waals surface area contributed by atoms with Crippen molar-refractivity contribution in [1.82, 2.24) is 0 Å². The first-order chi connectivity index (χ1) is 11.3. The molecule has 0 aliphatic heterocycles. The predicted molar refractivity (Wildman–Crippen MR) is 77.0 cm³/mol. The second kappa shape index (κ2) is 6.96. The van der Waals surface area contributed by atoms with Crippen LogP contribution in [0.3, 0.4) is 0 Å². The molecule has 0 aromatic heterocycles. The minimum absolute atomic E-state index is 0.307. The number of benzene rings is 2. The van der Waals surface area contributed by atoms with Gasteiger partial charge in [0.15, 0.2) is 5.83 Å². The Hall–Kier alpha value is -3.14. The van der Waals surface area contributed by atoms with E-state index in [9.17, 15) is 22.4 Å². The van der Waals surface area contributed by atoms with Gasteiger partial charge in [0.05, 0.1) is 5.56 Å². The zero-order valence-electron chi connectivity index (χ0n) is 12.2. The minimum atomic E-state index is -1.96. The van der Waals surface area contributed by atoms with Gasteiger partial charge in [-0.05, 0) is 36.8 Å². The smallest absolute Gasteiger partial charge is 0.375 e. The third-order valence-corrected chi connectivity index (χ3v) is 3.00. The normalized spacial score (nSPS) is 11.5. The molecule has 0 atom stereocenters. The van der Waals surface area contributed by atoms with Crippen LogP contribution in [-0.2, 0) is 4.79 Å². The maximum atomic E-state index is 13.9. The van der Waals surface area contributed by atoms with E-state index in [1.54, 1.807) is 13.0 Å². The van der Waals surface area contributed by atoms with Crippen LogP contribution in [0.25, 0.3) is 5.83 Å². The number of hydrogen-bond donors (Lipinski definition) is 0. The second-order valence-electron chi connectivity index (χ2n) is 4.75. The largest absolute Gasteiger partial charge is 0.421 e. The highest BCUT2D eigenvalue weighted by atomic mass is 19.2. The molecular weight excluding hydrogens is 326 g/mol. The lowest BCUT2D eigenvalue weighted by atomic mass is 10.1. The molecule has 0 fully saturated rings. The molecule has 122 valence electrons. The standard InChI is InChI=1S/C17H9F4NO2/c1-9-2-5-12(14(19)6-9)15(20)16(21)17(23)24-11-4-3-10(8-22)13(18)7-11/h2-7H,1H3/b16-15+. The van der Waals surface area contributed by atoms with Crippen LogP contribution in [0.2, 0.25) is 0 Å². The molecule has 0 amide bonds. The fourth-order valence-electron chi connectivity index (χ4n) is 1.81. The summed E-state index contributed by atoms with van der Waals surface area (Å²) in [6, 6.07) is 7.57. The van der Waals surface area contributed by atoms with Gasteiger partial charge in [-0.1, -0.05) is 6.07 Å². The molecule has 2 rings (SSSR count). The van der Waals surface area contributed by atoms with Crippen molar-refractivity contribution in [2.45, 2.75) is 6.92 Å². The summed E-state index contributed by atoms with van der Waals surface area (Å²) >= 11 is 0. The summed E-state index contributed by atoms with van der Waals surface area (Å²) in [7, 11) is 0. The summed E-state index contributed by atoms with van der Waals surface area (Å²) in [5, 5.41) is 8.57. The minimum Gasteiger partial charge on any atom is -0.421 e. The molecule has 0 radical (unpaired) electrons. The lowest BCUT2D eigenvalue weighted by molar-refractivity contribution is -0.131. The van der Waals surface area contributed by atoms with Gasteiger partial charge in [-0.25, -0.2) is 18.0 Å². The van der Waals surface area contributed by atoms with Gasteiger partial charge < -0.3 is 4.74 Å². The van der Waals surface area contributed by atoms with Crippen molar-refractivity contribution in [2.75, 3.05) is 0 Å². The van der Waals surface area contributed by atoms with Crippen LogP contribution in [0.1, 0.15) is 16.7 Å². The fraction of sp³-hybridized carbons (Fsp3) is 0.0588. The number of rotatable bonds is 3. The van der Waals surface area contributed by atoms with E-state index in [2.05, 4.69) is 4.74 Å². The van der Waals surface area contributed by atoms with E-state index in [4.69, 9.17) is 5.26 Å². The van der Waals surface area contributed by atoms with Crippen LogP contribution in [0.5, 0.6) is 5.75 Å². The van der Waals surface area contributed by atoms with Gasteiger partial charge >= 0.3 is 5.97 Å². The van der Waals surface area contributed by atoms with Gasteiger partial charge in [0, 0.05) is 11.6 Å². The number of nitrogens with zero attached hydrogens (tertiary/aromatic N) is 1. The lowest BCUT2D eigenvalue weighted by Gasteiger charge is -2.06. The quantitative estimate of drug-likeness (QED) is 0.362. The molecule has 24 heavy (non-hydrogen) atoms. The number of carbonyl (C=O) groups excluding carboxylic acids is 1. The van der Waals surface area contributed by atoms with E-state index in [0.717, 1.165) is 24.3 Å². The van der Waals surface area contributed by atoms with Crippen LogP contribution in [0.4, 0.5) is 17.6 Å². The average Bonchev–Trinajstić information content (AvgIpc) is 2.53. The molecule has 7 heteroatoms. The molecule has 0 bridgehead atoms. The van der Waals surface area contributed by atoms with Gasteiger partial charge in [0.2, 0.25) is 5.83 Å². The van der Waals surface area contributed by atoms with Gasteiger partial charge in [0.25, 0.3) is 0 Å². The molecule has 0 heterocycles. The highest BCUT2D eigenvalue weighted by Crippen LogP contribution is 2.26. The number of carbonyl (C=O) groups is 1. The highest BCUT2D eigenvalue weighted by molar-refractivity contribution is 5.95. The Kier molecular flexibility index (Phi) is 4.99. The summed E-state index contributed by atoms with van der Waals surface area (Å²) in [5.74, 6) is -7.90. The highest BCUT2D eigenvalue weighted by Gasteiger charge is 2.22. The molecular formula is C17H9F4NO2. The Morgan fingerprint density at radius 3 is 2.38 bits per heavy atom. The van der Waals surface area contributed by atoms with Crippen molar-refractivity contribution in [3.05, 3.63) is 70.5 Å². The Labute approximate surface area is 134 Å². The maximum Gasteiger partial charge on any atom is 0.375 e. The number of aryl methyl sites for hydroxylation is 1. The van der Waals surface area contributed by atoms with Crippen LogP contribution in [0.15, 0.2) is 42.2 Å². The Balaban J connectivity index is 2.28.